The van der Waals surface area contributed by atoms with Gasteiger partial charge >= 0.3 is 0 Å². The summed E-state index contributed by atoms with van der Waals surface area (Å²) >= 11 is 8.94. The van der Waals surface area contributed by atoms with Gasteiger partial charge in [0.1, 0.15) is 0 Å². The molecule has 3 heterocycles. The normalized spacial score (nSPS) is 14.9. The van der Waals surface area contributed by atoms with E-state index in [4.69, 9.17) is 17.4 Å². The van der Waals surface area contributed by atoms with E-state index < -0.39 is 0 Å². The number of hydrogen-bond acceptors (Lipinski definition) is 7. The molecule has 30 heavy (non-hydrogen) atoms. The van der Waals surface area contributed by atoms with Gasteiger partial charge in [0.2, 0.25) is 11.1 Å². The van der Waals surface area contributed by atoms with Gasteiger partial charge in [0, 0.05) is 43.2 Å². The molecule has 0 bridgehead atoms. The number of benzene rings is 1. The second-order valence-corrected chi connectivity index (χ2v) is 9.94. The summed E-state index contributed by atoms with van der Waals surface area (Å²) in [7, 11) is 0. The number of carbonyl (C=O) groups excluding carboxylic acids is 1. The van der Waals surface area contributed by atoms with E-state index in [0.29, 0.717) is 16.7 Å². The third-order valence-electron chi connectivity index (χ3n) is 5.03. The van der Waals surface area contributed by atoms with Crippen molar-refractivity contribution in [3.05, 3.63) is 51.2 Å². The zero-order chi connectivity index (χ0) is 21.1. The molecule has 0 atom stereocenters. The first-order chi connectivity index (χ1) is 14.5. The zero-order valence-electron chi connectivity index (χ0n) is 16.6. The number of aromatic nitrogens is 3. The largest absolute Gasteiger partial charge is 0.339 e. The maximum atomic E-state index is 12.6. The van der Waals surface area contributed by atoms with Crippen LogP contribution in [0.2, 0.25) is 4.34 Å². The molecule has 0 spiro atoms. The molecule has 158 valence electrons. The quantitative estimate of drug-likeness (QED) is 0.448. The minimum atomic E-state index is 0.0960. The monoisotopic (exact) mass is 462 g/mol. The summed E-state index contributed by atoms with van der Waals surface area (Å²) < 4.78 is 2.27. The van der Waals surface area contributed by atoms with Crippen molar-refractivity contribution in [1.82, 2.24) is 24.7 Å². The number of nitrogens with zero attached hydrogens (tertiary/aromatic N) is 5. The minimum absolute atomic E-state index is 0.0960. The van der Waals surface area contributed by atoms with Gasteiger partial charge in [-0.15, -0.1) is 21.5 Å². The Balaban J connectivity index is 1.28. The number of hydrogen-bond donors (Lipinski definition) is 1. The van der Waals surface area contributed by atoms with Crippen LogP contribution in [0.5, 0.6) is 0 Å². The Kier molecular flexibility index (Phi) is 6.62. The molecule has 1 aliphatic rings. The van der Waals surface area contributed by atoms with E-state index >= 15 is 0 Å². The van der Waals surface area contributed by atoms with E-state index in [9.17, 15) is 4.79 Å². The van der Waals surface area contributed by atoms with Gasteiger partial charge in [-0.3, -0.25) is 9.69 Å². The Morgan fingerprint density at radius 2 is 1.87 bits per heavy atom. The highest BCUT2D eigenvalue weighted by Crippen LogP contribution is 2.24. The lowest BCUT2D eigenvalue weighted by molar-refractivity contribution is -0.130. The number of nitrogen functional groups attached to an aromatic ring is 1. The smallest absolute Gasteiger partial charge is 0.233 e. The van der Waals surface area contributed by atoms with Crippen LogP contribution in [0.15, 0.2) is 41.6 Å². The van der Waals surface area contributed by atoms with Crippen molar-refractivity contribution in [1.29, 1.82) is 0 Å². The summed E-state index contributed by atoms with van der Waals surface area (Å²) in [4.78, 5) is 18.1. The third kappa shape index (κ3) is 4.97. The molecule has 2 N–H and O–H groups in total. The van der Waals surface area contributed by atoms with E-state index in [1.807, 2.05) is 42.2 Å². The second-order valence-electron chi connectivity index (χ2n) is 7.19. The highest BCUT2D eigenvalue weighted by atomic mass is 35.5. The van der Waals surface area contributed by atoms with Crippen molar-refractivity contribution in [3.8, 4) is 11.4 Å². The van der Waals surface area contributed by atoms with Gasteiger partial charge < -0.3 is 10.7 Å². The summed E-state index contributed by atoms with van der Waals surface area (Å²) in [5.41, 5.74) is 2.07. The van der Waals surface area contributed by atoms with Crippen LogP contribution in [-0.4, -0.2) is 62.5 Å². The first-order valence-electron chi connectivity index (χ1n) is 9.64. The fraction of sp³-hybridized carbons (Fsp3) is 0.350. The Labute approximate surface area is 188 Å². The molecular formula is C20H23ClN6OS2. The molecule has 0 radical (unpaired) electrons. The van der Waals surface area contributed by atoms with Gasteiger partial charge in [0.15, 0.2) is 5.82 Å². The van der Waals surface area contributed by atoms with Gasteiger partial charge in [-0.25, -0.2) is 4.68 Å². The summed E-state index contributed by atoms with van der Waals surface area (Å²) in [6, 6.07) is 11.9. The number of nitrogens with two attached hydrogens (primary N) is 1. The Morgan fingerprint density at radius 3 is 2.53 bits per heavy atom. The zero-order valence-corrected chi connectivity index (χ0v) is 19.0. The third-order valence-corrected chi connectivity index (χ3v) is 7.18. The summed E-state index contributed by atoms with van der Waals surface area (Å²) in [5.74, 6) is 7.14. The van der Waals surface area contributed by atoms with Crippen molar-refractivity contribution >= 4 is 40.6 Å². The molecule has 2 aromatic heterocycles. The fourth-order valence-electron chi connectivity index (χ4n) is 3.31. The molecule has 1 fully saturated rings. The Bertz CT molecular complexity index is 1010. The summed E-state index contributed by atoms with van der Waals surface area (Å²) in [5, 5.41) is 8.87. The molecule has 1 amide bonds. The molecule has 1 saturated heterocycles. The average Bonchev–Trinajstić information content (AvgIpc) is 3.32. The number of piperazine rings is 1. The molecule has 0 aliphatic carbocycles. The maximum absolute atomic E-state index is 12.6. The number of amides is 1. The lowest BCUT2D eigenvalue weighted by Gasteiger charge is -2.34. The van der Waals surface area contributed by atoms with Crippen LogP contribution in [0, 0.1) is 6.92 Å². The molecule has 0 saturated carbocycles. The van der Waals surface area contributed by atoms with Crippen molar-refractivity contribution < 1.29 is 4.79 Å². The molecule has 3 aromatic rings. The average molecular weight is 463 g/mol. The molecule has 1 aromatic carbocycles. The first-order valence-corrected chi connectivity index (χ1v) is 11.8. The van der Waals surface area contributed by atoms with Crippen LogP contribution in [0.25, 0.3) is 11.4 Å². The van der Waals surface area contributed by atoms with Crippen LogP contribution < -0.4 is 5.84 Å². The molecule has 7 nitrogen and oxygen atoms in total. The van der Waals surface area contributed by atoms with Crippen LogP contribution >= 0.6 is 34.7 Å². The number of thioether (sulfide) groups is 1. The number of aryl methyl sites for hydroxylation is 1. The van der Waals surface area contributed by atoms with Crippen molar-refractivity contribution in [2.75, 3.05) is 37.8 Å². The van der Waals surface area contributed by atoms with Gasteiger partial charge in [-0.2, -0.15) is 0 Å². The molecule has 0 unspecified atom stereocenters. The first kappa shape index (κ1) is 21.2. The van der Waals surface area contributed by atoms with E-state index in [1.54, 1.807) is 11.3 Å². The second kappa shape index (κ2) is 9.38. The van der Waals surface area contributed by atoms with Crippen molar-refractivity contribution in [2.24, 2.45) is 0 Å². The fourth-order valence-corrected chi connectivity index (χ4v) is 5.19. The van der Waals surface area contributed by atoms with Crippen LogP contribution in [0.4, 0.5) is 0 Å². The van der Waals surface area contributed by atoms with Gasteiger partial charge in [-0.05, 0) is 19.1 Å². The van der Waals surface area contributed by atoms with Crippen molar-refractivity contribution in [2.45, 2.75) is 18.6 Å². The minimum Gasteiger partial charge on any atom is -0.339 e. The predicted octanol–water partition coefficient (Wildman–Crippen LogP) is 3.12. The highest BCUT2D eigenvalue weighted by Gasteiger charge is 2.22. The Morgan fingerprint density at radius 1 is 1.13 bits per heavy atom. The Hall–Kier alpha value is -2.07. The van der Waals surface area contributed by atoms with Crippen molar-refractivity contribution in [3.63, 3.8) is 0 Å². The topological polar surface area (TPSA) is 80.3 Å². The molecule has 10 heteroatoms. The standard InChI is InChI=1S/C20H23ClN6OS2/c1-14-2-4-15(5-3-14)19-23-24-20(27(19)22)29-13-18(28)26-10-8-25(9-11-26)12-16-6-7-17(21)30-16/h2-7H,8-13,22H2,1H3. The lowest BCUT2D eigenvalue weighted by Crippen LogP contribution is -2.48. The van der Waals surface area contributed by atoms with E-state index in [0.717, 1.165) is 42.6 Å². The van der Waals surface area contributed by atoms with E-state index in [-0.39, 0.29) is 5.91 Å². The van der Waals surface area contributed by atoms with Gasteiger partial charge in [-0.1, -0.05) is 53.2 Å². The SMILES string of the molecule is Cc1ccc(-c2nnc(SCC(=O)N3CCN(Cc4ccc(Cl)s4)CC3)n2N)cc1. The molecule has 4 rings (SSSR count). The lowest BCUT2D eigenvalue weighted by atomic mass is 10.1. The highest BCUT2D eigenvalue weighted by molar-refractivity contribution is 7.99. The predicted molar refractivity (Wildman–Crippen MR) is 122 cm³/mol. The molecule has 1 aliphatic heterocycles. The van der Waals surface area contributed by atoms with E-state index in [1.165, 1.54) is 26.9 Å². The number of rotatable bonds is 6. The number of halogens is 1. The molecular weight excluding hydrogens is 440 g/mol. The van der Waals surface area contributed by atoms with Crippen LogP contribution in [-0.2, 0) is 11.3 Å². The van der Waals surface area contributed by atoms with Crippen LogP contribution in [0.3, 0.4) is 0 Å². The number of thiophene rings is 1. The number of carbonyl (C=O) groups is 1. The van der Waals surface area contributed by atoms with Crippen LogP contribution in [0.1, 0.15) is 10.4 Å². The van der Waals surface area contributed by atoms with E-state index in [2.05, 4.69) is 21.2 Å². The van der Waals surface area contributed by atoms with Gasteiger partial charge in [0.25, 0.3) is 0 Å². The summed E-state index contributed by atoms with van der Waals surface area (Å²) in [6.45, 7) is 6.08. The summed E-state index contributed by atoms with van der Waals surface area (Å²) in [6.07, 6.45) is 0. The maximum Gasteiger partial charge on any atom is 0.233 e. The van der Waals surface area contributed by atoms with Gasteiger partial charge in [0.05, 0.1) is 10.1 Å².